The topological polar surface area (TPSA) is 123 Å². The fourth-order valence-corrected chi connectivity index (χ4v) is 5.25. The highest BCUT2D eigenvalue weighted by Crippen LogP contribution is 2.24. The zero-order valence-corrected chi connectivity index (χ0v) is 26.7. The zero-order chi connectivity index (χ0) is 32.1. The first-order chi connectivity index (χ1) is 21.7. The number of rotatable bonds is 17. The third kappa shape index (κ3) is 10.5. The summed E-state index contributed by atoms with van der Waals surface area (Å²) in [7, 11) is 0. The molecule has 1 amide bonds. The largest absolute Gasteiger partial charge is 0.412 e. The lowest BCUT2D eigenvalue weighted by Gasteiger charge is -2.17. The van der Waals surface area contributed by atoms with Gasteiger partial charge in [0.05, 0.1) is 47.1 Å². The molecule has 4 rings (SSSR count). The van der Waals surface area contributed by atoms with Gasteiger partial charge in [-0.2, -0.15) is 9.99 Å². The first-order valence-electron chi connectivity index (χ1n) is 16.0. The van der Waals surface area contributed by atoms with Gasteiger partial charge in [0.1, 0.15) is 12.9 Å². The third-order valence-electron chi connectivity index (χ3n) is 7.71. The van der Waals surface area contributed by atoms with Crippen molar-refractivity contribution in [2.75, 3.05) is 11.9 Å². The number of carbonyl (C=O) groups is 2. The van der Waals surface area contributed by atoms with Gasteiger partial charge < -0.3 is 10.2 Å². The molecule has 0 atom stereocenters. The maximum absolute atomic E-state index is 13.6. The van der Waals surface area contributed by atoms with Gasteiger partial charge in [-0.1, -0.05) is 77.8 Å². The van der Waals surface area contributed by atoms with Gasteiger partial charge in [0.2, 0.25) is 5.91 Å². The molecule has 0 fully saturated rings. The van der Waals surface area contributed by atoms with E-state index in [1.807, 2.05) is 0 Å². The van der Waals surface area contributed by atoms with Crippen molar-refractivity contribution < 1.29 is 14.4 Å². The Balaban J connectivity index is 1.26. The monoisotopic (exact) mass is 608 g/mol. The number of hydrogen-bond acceptors (Lipinski definition) is 7. The van der Waals surface area contributed by atoms with Gasteiger partial charge in [0.15, 0.2) is 11.4 Å². The molecule has 3 aromatic heterocycles. The van der Waals surface area contributed by atoms with E-state index in [-0.39, 0.29) is 18.1 Å². The molecule has 0 aliphatic rings. The summed E-state index contributed by atoms with van der Waals surface area (Å²) in [6.07, 6.45) is 20.2. The Morgan fingerprint density at radius 2 is 1.60 bits per heavy atom. The highest BCUT2D eigenvalue weighted by atomic mass is 16.7. The van der Waals surface area contributed by atoms with Crippen LogP contribution in [0.3, 0.4) is 0 Å². The normalized spacial score (nSPS) is 11.3. The van der Waals surface area contributed by atoms with Crippen LogP contribution >= 0.6 is 0 Å². The fourth-order valence-electron chi connectivity index (χ4n) is 5.25. The highest BCUT2D eigenvalue weighted by molar-refractivity contribution is 6.16. The molecule has 0 bridgehead atoms. The summed E-state index contributed by atoms with van der Waals surface area (Å²) < 4.78 is 1.55. The number of nitrogens with zero attached hydrogens (tertiary/aromatic N) is 5. The molecule has 0 saturated heterocycles. The standard InChI is InChI=1S/C36H44N6O3/c1-36(2,3)17-11-9-7-5-4-6-8-10-12-18-45-42-25-32(31-24-39-26-40-35(31)42)34(44)29-20-30(23-38-22-29)41-33(43)19-27-13-15-28(21-37)16-14-27/h13-16,20,22-26H,4-12,17-19H2,1-3H3,(H,41,43). The predicted octanol–water partition coefficient (Wildman–Crippen LogP) is 7.49. The van der Waals surface area contributed by atoms with Crippen LogP contribution in [0.2, 0.25) is 0 Å². The van der Waals surface area contributed by atoms with Crippen molar-refractivity contribution >= 4 is 28.4 Å². The molecule has 45 heavy (non-hydrogen) atoms. The Morgan fingerprint density at radius 1 is 0.911 bits per heavy atom. The second-order valence-electron chi connectivity index (χ2n) is 12.8. The number of anilines is 1. The molecular weight excluding hydrogens is 564 g/mol. The Hall–Kier alpha value is -4.58. The van der Waals surface area contributed by atoms with E-state index in [2.05, 4.69) is 47.1 Å². The second-order valence-corrected chi connectivity index (χ2v) is 12.8. The first-order valence-corrected chi connectivity index (χ1v) is 16.0. The van der Waals surface area contributed by atoms with Crippen molar-refractivity contribution in [2.45, 2.75) is 91.4 Å². The SMILES string of the molecule is CC(C)(C)CCCCCCCCCCCOn1cc(C(=O)c2cncc(NC(=O)Cc3ccc(C#N)cc3)c2)c2cncnc21. The van der Waals surface area contributed by atoms with Gasteiger partial charge in [0, 0.05) is 18.0 Å². The molecule has 0 radical (unpaired) electrons. The first kappa shape index (κ1) is 33.3. The summed E-state index contributed by atoms with van der Waals surface area (Å²) >= 11 is 0. The van der Waals surface area contributed by atoms with Crippen molar-refractivity contribution in [1.82, 2.24) is 19.7 Å². The number of nitriles is 1. The maximum atomic E-state index is 13.6. The van der Waals surface area contributed by atoms with Gasteiger partial charge in [-0.25, -0.2) is 9.97 Å². The number of ketones is 1. The Bertz CT molecular complexity index is 1600. The van der Waals surface area contributed by atoms with Crippen LogP contribution in [0.4, 0.5) is 5.69 Å². The van der Waals surface area contributed by atoms with E-state index < -0.39 is 0 Å². The van der Waals surface area contributed by atoms with Gasteiger partial charge in [0.25, 0.3) is 0 Å². The predicted molar refractivity (Wildman–Crippen MR) is 176 cm³/mol. The Kier molecular flexibility index (Phi) is 12.2. The smallest absolute Gasteiger partial charge is 0.228 e. The minimum Gasteiger partial charge on any atom is -0.412 e. The molecule has 9 heteroatoms. The van der Waals surface area contributed by atoms with Crippen LogP contribution in [0.1, 0.15) is 112 Å². The van der Waals surface area contributed by atoms with Crippen LogP contribution in [0.5, 0.6) is 0 Å². The molecule has 0 unspecified atom stereocenters. The minimum absolute atomic E-state index is 0.129. The molecule has 0 aliphatic carbocycles. The van der Waals surface area contributed by atoms with E-state index in [4.69, 9.17) is 10.1 Å². The summed E-state index contributed by atoms with van der Waals surface area (Å²) in [5.74, 6) is -0.526. The van der Waals surface area contributed by atoms with Crippen LogP contribution in [0.25, 0.3) is 11.0 Å². The number of benzene rings is 1. The number of fused-ring (bicyclic) bond motifs is 1. The van der Waals surface area contributed by atoms with E-state index >= 15 is 0 Å². The number of nitrogens with one attached hydrogen (secondary N) is 1. The summed E-state index contributed by atoms with van der Waals surface area (Å²) in [6.45, 7) is 7.46. The average molecular weight is 609 g/mol. The van der Waals surface area contributed by atoms with Gasteiger partial charge in [-0.15, -0.1) is 0 Å². The van der Waals surface area contributed by atoms with Crippen molar-refractivity contribution in [3.63, 3.8) is 0 Å². The lowest BCUT2D eigenvalue weighted by molar-refractivity contribution is -0.115. The van der Waals surface area contributed by atoms with E-state index in [0.29, 0.717) is 45.4 Å². The van der Waals surface area contributed by atoms with Crippen LogP contribution in [0.15, 0.2) is 61.4 Å². The quantitative estimate of drug-likeness (QED) is 0.0973. The highest BCUT2D eigenvalue weighted by Gasteiger charge is 2.20. The molecule has 0 saturated carbocycles. The van der Waals surface area contributed by atoms with Gasteiger partial charge in [-0.3, -0.25) is 14.6 Å². The van der Waals surface area contributed by atoms with Crippen molar-refractivity contribution in [3.05, 3.63) is 83.7 Å². The minimum atomic E-state index is -0.272. The van der Waals surface area contributed by atoms with Crippen LogP contribution < -0.4 is 10.2 Å². The number of aromatic nitrogens is 4. The molecule has 0 spiro atoms. The van der Waals surface area contributed by atoms with E-state index in [1.54, 1.807) is 47.5 Å². The number of carbonyl (C=O) groups excluding carboxylic acids is 2. The molecule has 1 aromatic carbocycles. The summed E-state index contributed by atoms with van der Waals surface area (Å²) in [6, 6.07) is 10.5. The van der Waals surface area contributed by atoms with Crippen molar-refractivity contribution in [2.24, 2.45) is 5.41 Å². The van der Waals surface area contributed by atoms with Crippen LogP contribution in [0, 0.1) is 16.7 Å². The summed E-state index contributed by atoms with van der Waals surface area (Å²) in [5.41, 5.74) is 3.41. The molecule has 4 aromatic rings. The Morgan fingerprint density at radius 3 is 2.29 bits per heavy atom. The van der Waals surface area contributed by atoms with Gasteiger partial charge >= 0.3 is 0 Å². The number of unbranched alkanes of at least 4 members (excludes halogenated alkanes) is 8. The summed E-state index contributed by atoms with van der Waals surface area (Å²) in [5, 5.41) is 12.3. The molecular formula is C36H44N6O3. The Labute approximate surface area is 266 Å². The lowest BCUT2D eigenvalue weighted by Crippen LogP contribution is -2.15. The number of amides is 1. The number of pyridine rings is 1. The molecule has 0 aliphatic heterocycles. The van der Waals surface area contributed by atoms with Crippen molar-refractivity contribution in [1.29, 1.82) is 5.26 Å². The van der Waals surface area contributed by atoms with Crippen molar-refractivity contribution in [3.8, 4) is 6.07 Å². The summed E-state index contributed by atoms with van der Waals surface area (Å²) in [4.78, 5) is 44.8. The molecule has 1 N–H and O–H groups in total. The van der Waals surface area contributed by atoms with E-state index in [1.165, 1.54) is 70.1 Å². The van der Waals surface area contributed by atoms with Crippen LogP contribution in [-0.2, 0) is 11.2 Å². The van der Waals surface area contributed by atoms with Crippen LogP contribution in [-0.4, -0.2) is 38.0 Å². The van der Waals surface area contributed by atoms with Gasteiger partial charge in [-0.05, 0) is 48.4 Å². The molecule has 3 heterocycles. The molecule has 9 nitrogen and oxygen atoms in total. The second kappa shape index (κ2) is 16.5. The van der Waals surface area contributed by atoms with E-state index in [9.17, 15) is 9.59 Å². The van der Waals surface area contributed by atoms with E-state index in [0.717, 1.165) is 18.4 Å². The third-order valence-corrected chi connectivity index (χ3v) is 7.71. The maximum Gasteiger partial charge on any atom is 0.228 e. The zero-order valence-electron chi connectivity index (χ0n) is 26.7. The molecule has 236 valence electrons. The fraction of sp³-hybridized carbons (Fsp3) is 0.444. The lowest BCUT2D eigenvalue weighted by atomic mass is 9.89. The average Bonchev–Trinajstić information content (AvgIpc) is 3.39. The number of hydrogen-bond donors (Lipinski definition) is 1.